The Balaban J connectivity index is 1.90. The number of hydrogen-bond acceptors (Lipinski definition) is 5. The second-order valence-corrected chi connectivity index (χ2v) is 10.2. The number of rotatable bonds is 7. The van der Waals surface area contributed by atoms with Gasteiger partial charge in [-0.05, 0) is 18.8 Å². The first-order valence-corrected chi connectivity index (χ1v) is 11.0. The Hall–Kier alpha value is -2.06. The van der Waals surface area contributed by atoms with Crippen LogP contribution in [0.4, 0.5) is 19.0 Å². The summed E-state index contributed by atoms with van der Waals surface area (Å²) in [5, 5.41) is 16.6. The Kier molecular flexibility index (Phi) is 5.85. The molecule has 4 rings (SSSR count). The van der Waals surface area contributed by atoms with Crippen molar-refractivity contribution in [1.29, 1.82) is 5.26 Å². The van der Waals surface area contributed by atoms with Crippen molar-refractivity contribution in [3.8, 4) is 17.5 Å². The van der Waals surface area contributed by atoms with E-state index < -0.39 is 27.8 Å². The predicted octanol–water partition coefficient (Wildman–Crippen LogP) is 5.07. The molecule has 7 nitrogen and oxygen atoms in total. The average Bonchev–Trinajstić information content (AvgIpc) is 3.55. The minimum absolute atomic E-state index is 0.0380. The summed E-state index contributed by atoms with van der Waals surface area (Å²) in [5.41, 5.74) is 3.85. The number of anilines is 1. The number of primary amides is 1. The number of alkyl halides is 5. The lowest BCUT2D eigenvalue weighted by Gasteiger charge is -2.19. The molecule has 3 N–H and O–H groups in total. The van der Waals surface area contributed by atoms with Gasteiger partial charge in [-0.1, -0.05) is 23.2 Å². The molecule has 33 heavy (non-hydrogen) atoms. The summed E-state index contributed by atoms with van der Waals surface area (Å²) < 4.78 is 41.3. The molecule has 0 spiro atoms. The smallest absolute Gasteiger partial charge is 0.406 e. The summed E-state index contributed by atoms with van der Waals surface area (Å²) in [5.74, 6) is -1.00. The van der Waals surface area contributed by atoms with E-state index in [2.05, 4.69) is 15.2 Å². The number of aromatic nitrogens is 2. The Morgan fingerprint density at radius 2 is 1.91 bits per heavy atom. The fourth-order valence-corrected chi connectivity index (χ4v) is 5.08. The number of hydrogen-bond donors (Lipinski definition) is 2. The zero-order valence-corrected chi connectivity index (χ0v) is 19.5. The van der Waals surface area contributed by atoms with Crippen LogP contribution in [-0.4, -0.2) is 32.9 Å². The standard InChI is InChI=1S/C19H14Cl4F3N5O2/c20-10-3-9(33-19(24,25)26)4-11(21)14(10)31-15(29-6-8-1-2-8)13(12(5-27)30-31)17(16(28)32)7-18(17,22)23/h3-4,8,29H,1-2,6-7H2,(H2,28,32). The minimum Gasteiger partial charge on any atom is -0.406 e. The van der Waals surface area contributed by atoms with Gasteiger partial charge in [0.05, 0.1) is 15.6 Å². The Bertz CT molecular complexity index is 1170. The number of amides is 1. The monoisotopic (exact) mass is 541 g/mol. The van der Waals surface area contributed by atoms with E-state index in [4.69, 9.17) is 52.1 Å². The molecular formula is C19H14Cl4F3N5O2. The van der Waals surface area contributed by atoms with Crippen molar-refractivity contribution in [3.05, 3.63) is 33.4 Å². The number of nitrogens with one attached hydrogen (secondary N) is 1. The first-order chi connectivity index (χ1) is 15.3. The topological polar surface area (TPSA) is 106 Å². The lowest BCUT2D eigenvalue weighted by molar-refractivity contribution is -0.274. The highest BCUT2D eigenvalue weighted by atomic mass is 35.5. The summed E-state index contributed by atoms with van der Waals surface area (Å²) in [6.07, 6.45) is -3.07. The van der Waals surface area contributed by atoms with Crippen LogP contribution in [0.2, 0.25) is 10.0 Å². The van der Waals surface area contributed by atoms with E-state index in [0.717, 1.165) is 29.7 Å². The third-order valence-corrected chi connectivity index (χ3v) is 7.00. The molecule has 0 radical (unpaired) electrons. The molecule has 2 saturated carbocycles. The number of carbonyl (C=O) groups excluding carboxylic acids is 1. The molecule has 1 aromatic carbocycles. The molecule has 0 saturated heterocycles. The molecule has 176 valence electrons. The van der Waals surface area contributed by atoms with Gasteiger partial charge in [-0.3, -0.25) is 4.79 Å². The molecule has 2 aromatic rings. The van der Waals surface area contributed by atoms with Crippen LogP contribution in [0.25, 0.3) is 5.69 Å². The molecule has 1 atom stereocenters. The van der Waals surface area contributed by atoms with E-state index in [0.29, 0.717) is 12.5 Å². The van der Waals surface area contributed by atoms with Gasteiger partial charge in [-0.25, -0.2) is 4.68 Å². The fraction of sp³-hybridized carbons (Fsp3) is 0.421. The van der Waals surface area contributed by atoms with Crippen molar-refractivity contribution in [1.82, 2.24) is 9.78 Å². The molecule has 2 aliphatic rings. The van der Waals surface area contributed by atoms with Crippen LogP contribution in [0.3, 0.4) is 0 Å². The molecule has 1 heterocycles. The van der Waals surface area contributed by atoms with Crippen LogP contribution < -0.4 is 15.8 Å². The number of nitrogens with zero attached hydrogens (tertiary/aromatic N) is 3. The van der Waals surface area contributed by atoms with E-state index in [1.165, 1.54) is 0 Å². The summed E-state index contributed by atoms with van der Waals surface area (Å²) in [4.78, 5) is 12.4. The third kappa shape index (κ3) is 4.28. The molecule has 14 heteroatoms. The van der Waals surface area contributed by atoms with Crippen molar-refractivity contribution in [2.24, 2.45) is 11.7 Å². The molecule has 2 aliphatic carbocycles. The van der Waals surface area contributed by atoms with Gasteiger partial charge in [0.1, 0.15) is 33.1 Å². The Labute approximate surface area is 205 Å². The minimum atomic E-state index is -4.96. The molecular weight excluding hydrogens is 529 g/mol. The molecule has 1 unspecified atom stereocenters. The van der Waals surface area contributed by atoms with Gasteiger partial charge in [0, 0.05) is 25.1 Å². The third-order valence-electron chi connectivity index (χ3n) is 5.52. The van der Waals surface area contributed by atoms with Crippen LogP contribution in [0, 0.1) is 17.2 Å². The second-order valence-electron chi connectivity index (χ2n) is 7.85. The van der Waals surface area contributed by atoms with E-state index in [1.807, 2.05) is 6.07 Å². The average molecular weight is 543 g/mol. The first-order valence-electron chi connectivity index (χ1n) is 9.51. The molecule has 0 bridgehead atoms. The fourth-order valence-electron chi connectivity index (χ4n) is 3.68. The van der Waals surface area contributed by atoms with Gasteiger partial charge in [0.2, 0.25) is 5.91 Å². The molecule has 1 aromatic heterocycles. The van der Waals surface area contributed by atoms with Crippen LogP contribution >= 0.6 is 46.4 Å². The van der Waals surface area contributed by atoms with Crippen LogP contribution in [0.15, 0.2) is 12.1 Å². The van der Waals surface area contributed by atoms with Crippen LogP contribution in [0.5, 0.6) is 5.75 Å². The van der Waals surface area contributed by atoms with E-state index in [1.54, 1.807) is 0 Å². The predicted molar refractivity (Wildman–Crippen MR) is 116 cm³/mol. The maximum absolute atomic E-state index is 12.6. The zero-order valence-electron chi connectivity index (χ0n) is 16.4. The lowest BCUT2D eigenvalue weighted by atomic mass is 9.94. The van der Waals surface area contributed by atoms with E-state index in [9.17, 15) is 23.2 Å². The van der Waals surface area contributed by atoms with Crippen molar-refractivity contribution in [3.63, 3.8) is 0 Å². The Morgan fingerprint density at radius 1 is 1.33 bits per heavy atom. The van der Waals surface area contributed by atoms with Gasteiger partial charge in [-0.15, -0.1) is 36.4 Å². The number of halogens is 7. The van der Waals surface area contributed by atoms with Gasteiger partial charge in [0.15, 0.2) is 5.69 Å². The summed E-state index contributed by atoms with van der Waals surface area (Å²) >= 11 is 25.1. The highest BCUT2D eigenvalue weighted by Crippen LogP contribution is 2.66. The maximum Gasteiger partial charge on any atom is 0.573 e. The molecule has 1 amide bonds. The van der Waals surface area contributed by atoms with Crippen molar-refractivity contribution < 1.29 is 22.7 Å². The number of nitrogens with two attached hydrogens (primary N) is 1. The largest absolute Gasteiger partial charge is 0.573 e. The normalized spacial score (nSPS) is 21.4. The second kappa shape index (κ2) is 8.01. The van der Waals surface area contributed by atoms with Crippen LogP contribution in [-0.2, 0) is 10.2 Å². The summed E-state index contributed by atoms with van der Waals surface area (Å²) in [6, 6.07) is 3.70. The SMILES string of the molecule is N#Cc1nn(-c2c(Cl)cc(OC(F)(F)F)cc2Cl)c(NCC2CC2)c1C1(C(N)=O)CC1(Cl)Cl. The first kappa shape index (κ1) is 24.1. The molecule has 2 fully saturated rings. The number of benzene rings is 1. The van der Waals surface area contributed by atoms with Crippen molar-refractivity contribution in [2.45, 2.75) is 35.4 Å². The van der Waals surface area contributed by atoms with Gasteiger partial charge >= 0.3 is 6.36 Å². The van der Waals surface area contributed by atoms with Gasteiger partial charge in [-0.2, -0.15) is 10.4 Å². The Morgan fingerprint density at radius 3 is 2.33 bits per heavy atom. The quantitative estimate of drug-likeness (QED) is 0.475. The highest BCUT2D eigenvalue weighted by molar-refractivity contribution is 6.54. The maximum atomic E-state index is 12.6. The zero-order chi connectivity index (χ0) is 24.3. The van der Waals surface area contributed by atoms with Crippen molar-refractivity contribution >= 4 is 58.1 Å². The summed E-state index contributed by atoms with van der Waals surface area (Å²) in [6.45, 7) is 0.459. The number of nitriles is 1. The number of ether oxygens (including phenoxy) is 1. The molecule has 0 aliphatic heterocycles. The van der Waals surface area contributed by atoms with Gasteiger partial charge in [0.25, 0.3) is 0 Å². The lowest BCUT2D eigenvalue weighted by Crippen LogP contribution is -2.34. The van der Waals surface area contributed by atoms with Crippen molar-refractivity contribution in [2.75, 3.05) is 11.9 Å². The summed E-state index contributed by atoms with van der Waals surface area (Å²) in [7, 11) is 0. The van der Waals surface area contributed by atoms with E-state index in [-0.39, 0.29) is 39.2 Å². The van der Waals surface area contributed by atoms with Gasteiger partial charge < -0.3 is 15.8 Å². The van der Waals surface area contributed by atoms with Crippen LogP contribution in [0.1, 0.15) is 30.5 Å². The number of carbonyl (C=O) groups is 1. The van der Waals surface area contributed by atoms with E-state index >= 15 is 0 Å². The highest BCUT2D eigenvalue weighted by Gasteiger charge is 2.73.